The number of carbonyl (C=O) groups is 1. The maximum atomic E-state index is 12.3. The average Bonchev–Trinajstić information content (AvgIpc) is 2.47. The first-order valence-corrected chi connectivity index (χ1v) is 7.34. The fraction of sp³-hybridized carbons (Fsp3) is 0.533. The van der Waals surface area contributed by atoms with Crippen molar-refractivity contribution in [3.05, 3.63) is 29.8 Å². The first-order chi connectivity index (χ1) is 9.74. The lowest BCUT2D eigenvalue weighted by Gasteiger charge is -2.26. The minimum absolute atomic E-state index is 0.00618. The van der Waals surface area contributed by atoms with Gasteiger partial charge in [0.1, 0.15) is 12.4 Å². The Hall–Kier alpha value is -1.26. The zero-order valence-corrected chi connectivity index (χ0v) is 12.4. The van der Waals surface area contributed by atoms with Gasteiger partial charge in [-0.25, -0.2) is 0 Å². The number of methoxy groups -OCH3 is 1. The molecular formula is C15H20ClNO3. The van der Waals surface area contributed by atoms with Crippen LogP contribution in [0.4, 0.5) is 0 Å². The summed E-state index contributed by atoms with van der Waals surface area (Å²) in [6.07, 6.45) is 1.41. The molecule has 1 aliphatic rings. The Morgan fingerprint density at radius 2 is 2.35 bits per heavy atom. The Kier molecular flexibility index (Phi) is 5.68. The predicted octanol–water partition coefficient (Wildman–Crippen LogP) is 2.00. The molecule has 2 rings (SSSR count). The van der Waals surface area contributed by atoms with Crippen LogP contribution < -0.4 is 10.1 Å². The molecule has 0 saturated heterocycles. The third kappa shape index (κ3) is 3.87. The molecule has 0 bridgehead atoms. The summed E-state index contributed by atoms with van der Waals surface area (Å²) >= 11 is 5.74. The number of amides is 1. The van der Waals surface area contributed by atoms with E-state index in [0.717, 1.165) is 11.3 Å². The summed E-state index contributed by atoms with van der Waals surface area (Å²) in [6.45, 7) is 0.895. The summed E-state index contributed by atoms with van der Waals surface area (Å²) in [6, 6.07) is 7.80. The highest BCUT2D eigenvalue weighted by Crippen LogP contribution is 2.26. The van der Waals surface area contributed by atoms with Gasteiger partial charge in [0.25, 0.3) is 0 Å². The fourth-order valence-corrected chi connectivity index (χ4v) is 2.61. The van der Waals surface area contributed by atoms with Crippen molar-refractivity contribution in [3.63, 3.8) is 0 Å². The minimum Gasteiger partial charge on any atom is -0.492 e. The number of benzene rings is 1. The molecule has 110 valence electrons. The zero-order valence-electron chi connectivity index (χ0n) is 11.6. The second-order valence-corrected chi connectivity index (χ2v) is 5.34. The number of halogens is 1. The van der Waals surface area contributed by atoms with Gasteiger partial charge in [-0.2, -0.15) is 0 Å². The standard InChI is InChI=1S/C15H20ClNO3/c1-19-10-13(6-7-16)17-15(18)12-8-11-4-2-3-5-14(11)20-9-12/h2-5,12-13H,6-10H2,1H3,(H,17,18). The third-order valence-electron chi connectivity index (χ3n) is 3.42. The highest BCUT2D eigenvalue weighted by atomic mass is 35.5. The molecule has 0 aromatic heterocycles. The Morgan fingerprint density at radius 1 is 1.55 bits per heavy atom. The van der Waals surface area contributed by atoms with E-state index in [9.17, 15) is 4.79 Å². The number of alkyl halides is 1. The van der Waals surface area contributed by atoms with Gasteiger partial charge in [0.05, 0.1) is 18.6 Å². The van der Waals surface area contributed by atoms with E-state index in [-0.39, 0.29) is 17.9 Å². The number of ether oxygens (including phenoxy) is 2. The quantitative estimate of drug-likeness (QED) is 0.817. The minimum atomic E-state index is -0.153. The van der Waals surface area contributed by atoms with Crippen molar-refractivity contribution >= 4 is 17.5 Å². The highest BCUT2D eigenvalue weighted by molar-refractivity contribution is 6.17. The zero-order chi connectivity index (χ0) is 14.4. The van der Waals surface area contributed by atoms with Crippen molar-refractivity contribution in [2.24, 2.45) is 5.92 Å². The van der Waals surface area contributed by atoms with E-state index < -0.39 is 0 Å². The van der Waals surface area contributed by atoms with Crippen LogP contribution in [0.3, 0.4) is 0 Å². The van der Waals surface area contributed by atoms with Gasteiger partial charge >= 0.3 is 0 Å². The number of hydrogen-bond acceptors (Lipinski definition) is 3. The summed E-state index contributed by atoms with van der Waals surface area (Å²) < 4.78 is 10.7. The van der Waals surface area contributed by atoms with Gasteiger partial charge in [-0.05, 0) is 24.5 Å². The lowest BCUT2D eigenvalue weighted by atomic mass is 9.95. The fourth-order valence-electron chi connectivity index (χ4n) is 2.35. The maximum Gasteiger partial charge on any atom is 0.227 e. The smallest absolute Gasteiger partial charge is 0.227 e. The molecular weight excluding hydrogens is 278 g/mol. The van der Waals surface area contributed by atoms with Crippen molar-refractivity contribution < 1.29 is 14.3 Å². The molecule has 0 saturated carbocycles. The Bertz CT molecular complexity index is 446. The molecule has 5 heteroatoms. The number of fused-ring (bicyclic) bond motifs is 1. The maximum absolute atomic E-state index is 12.3. The summed E-state index contributed by atoms with van der Waals surface area (Å²) in [7, 11) is 1.62. The molecule has 1 aromatic rings. The van der Waals surface area contributed by atoms with Crippen LogP contribution in [0, 0.1) is 5.92 Å². The molecule has 1 heterocycles. The van der Waals surface area contributed by atoms with Crippen LogP contribution in [-0.2, 0) is 16.0 Å². The molecule has 1 aromatic carbocycles. The van der Waals surface area contributed by atoms with Crippen LogP contribution in [-0.4, -0.2) is 38.2 Å². The molecule has 2 unspecified atom stereocenters. The number of para-hydroxylation sites is 1. The lowest BCUT2D eigenvalue weighted by molar-refractivity contribution is -0.127. The van der Waals surface area contributed by atoms with Crippen molar-refractivity contribution in [2.45, 2.75) is 18.9 Å². The topological polar surface area (TPSA) is 47.6 Å². The molecule has 0 radical (unpaired) electrons. The molecule has 0 aliphatic carbocycles. The lowest BCUT2D eigenvalue weighted by Crippen LogP contribution is -2.44. The van der Waals surface area contributed by atoms with Crippen molar-refractivity contribution in [3.8, 4) is 5.75 Å². The van der Waals surface area contributed by atoms with Gasteiger partial charge < -0.3 is 14.8 Å². The monoisotopic (exact) mass is 297 g/mol. The predicted molar refractivity (Wildman–Crippen MR) is 78.3 cm³/mol. The first-order valence-electron chi connectivity index (χ1n) is 6.80. The van der Waals surface area contributed by atoms with E-state index >= 15 is 0 Å². The van der Waals surface area contributed by atoms with Crippen LogP contribution in [0.2, 0.25) is 0 Å². The molecule has 20 heavy (non-hydrogen) atoms. The average molecular weight is 298 g/mol. The molecule has 1 amide bonds. The summed E-state index contributed by atoms with van der Waals surface area (Å²) in [5, 5.41) is 2.99. The number of rotatable bonds is 6. The second kappa shape index (κ2) is 7.50. The summed E-state index contributed by atoms with van der Waals surface area (Å²) in [4.78, 5) is 12.3. The molecule has 1 N–H and O–H groups in total. The highest BCUT2D eigenvalue weighted by Gasteiger charge is 2.27. The summed E-state index contributed by atoms with van der Waals surface area (Å²) in [5.41, 5.74) is 1.08. The molecule has 0 spiro atoms. The Labute approximate surface area is 124 Å². The van der Waals surface area contributed by atoms with E-state index in [2.05, 4.69) is 5.32 Å². The second-order valence-electron chi connectivity index (χ2n) is 4.96. The molecule has 0 fully saturated rings. The van der Waals surface area contributed by atoms with Gasteiger partial charge in [-0.3, -0.25) is 4.79 Å². The molecule has 1 aliphatic heterocycles. The van der Waals surface area contributed by atoms with Gasteiger partial charge in [-0.15, -0.1) is 11.6 Å². The van der Waals surface area contributed by atoms with E-state index in [1.807, 2.05) is 24.3 Å². The Balaban J connectivity index is 1.93. The van der Waals surface area contributed by atoms with Gasteiger partial charge in [-0.1, -0.05) is 18.2 Å². The van der Waals surface area contributed by atoms with Crippen molar-refractivity contribution in [1.29, 1.82) is 0 Å². The molecule has 2 atom stereocenters. The Morgan fingerprint density at radius 3 is 3.10 bits per heavy atom. The number of carbonyl (C=O) groups excluding carboxylic acids is 1. The van der Waals surface area contributed by atoms with E-state index in [1.165, 1.54) is 0 Å². The van der Waals surface area contributed by atoms with Gasteiger partial charge in [0, 0.05) is 13.0 Å². The number of nitrogens with one attached hydrogen (secondary N) is 1. The largest absolute Gasteiger partial charge is 0.492 e. The van der Waals surface area contributed by atoms with Gasteiger partial charge in [0.15, 0.2) is 0 Å². The van der Waals surface area contributed by atoms with Crippen molar-refractivity contribution in [2.75, 3.05) is 26.2 Å². The first kappa shape index (κ1) is 15.1. The van der Waals surface area contributed by atoms with Crippen molar-refractivity contribution in [1.82, 2.24) is 5.32 Å². The van der Waals surface area contributed by atoms with Crippen LogP contribution in [0.25, 0.3) is 0 Å². The summed E-state index contributed by atoms with van der Waals surface area (Å²) in [5.74, 6) is 1.23. The van der Waals surface area contributed by atoms with Crippen LogP contribution in [0.1, 0.15) is 12.0 Å². The third-order valence-corrected chi connectivity index (χ3v) is 3.64. The van der Waals surface area contributed by atoms with E-state index in [4.69, 9.17) is 21.1 Å². The SMILES string of the molecule is COCC(CCCl)NC(=O)C1COc2ccccc2C1. The molecule has 4 nitrogen and oxygen atoms in total. The number of hydrogen-bond donors (Lipinski definition) is 1. The van der Waals surface area contributed by atoms with E-state index in [0.29, 0.717) is 31.9 Å². The van der Waals surface area contributed by atoms with Crippen LogP contribution in [0.5, 0.6) is 5.75 Å². The van der Waals surface area contributed by atoms with Gasteiger partial charge in [0.2, 0.25) is 5.91 Å². The van der Waals surface area contributed by atoms with E-state index in [1.54, 1.807) is 7.11 Å². The van der Waals surface area contributed by atoms with Crippen LogP contribution in [0.15, 0.2) is 24.3 Å². The normalized spacial score (nSPS) is 18.8. The van der Waals surface area contributed by atoms with Crippen LogP contribution >= 0.6 is 11.6 Å².